The number of nitrogens with zero attached hydrogens (tertiary/aromatic N) is 3. The Morgan fingerprint density at radius 2 is 1.88 bits per heavy atom. The van der Waals surface area contributed by atoms with Crippen LogP contribution in [0, 0.1) is 0 Å². The minimum absolute atomic E-state index is 0.231. The van der Waals surface area contributed by atoms with Crippen molar-refractivity contribution in [2.45, 2.75) is 44.5 Å². The van der Waals surface area contributed by atoms with Gasteiger partial charge in [-0.05, 0) is 49.2 Å². The number of hydrogen-bond donors (Lipinski definition) is 2. The van der Waals surface area contributed by atoms with Crippen molar-refractivity contribution in [1.82, 2.24) is 14.8 Å². The van der Waals surface area contributed by atoms with E-state index in [0.29, 0.717) is 44.6 Å². The minimum Gasteiger partial charge on any atom is -0.493 e. The molecule has 0 spiro atoms. The van der Waals surface area contributed by atoms with Crippen molar-refractivity contribution >= 4 is 40.9 Å². The van der Waals surface area contributed by atoms with Crippen LogP contribution in [0.4, 0.5) is 11.6 Å². The van der Waals surface area contributed by atoms with Gasteiger partial charge in [0, 0.05) is 27.7 Å². The first-order valence-corrected chi connectivity index (χ1v) is 14.8. The molecule has 212 valence electrons. The first-order valence-electron chi connectivity index (χ1n) is 13.5. The Hall–Kier alpha value is -3.95. The summed E-state index contributed by atoms with van der Waals surface area (Å²) in [5, 5.41) is 12.5. The number of fused-ring (bicyclic) bond motifs is 1. The van der Waals surface area contributed by atoms with Crippen LogP contribution in [0.25, 0.3) is 0 Å². The lowest BCUT2D eigenvalue weighted by Gasteiger charge is -2.29. The molecule has 2 heterocycles. The number of rotatable bonds is 11. The minimum atomic E-state index is -0.547. The van der Waals surface area contributed by atoms with Crippen LogP contribution in [-0.2, 0) is 11.4 Å². The van der Waals surface area contributed by atoms with Crippen LogP contribution in [-0.4, -0.2) is 33.5 Å². The molecule has 0 aliphatic carbocycles. The number of methoxy groups -OCH3 is 1. The Morgan fingerprint density at radius 1 is 1.10 bits per heavy atom. The molecule has 1 unspecified atom stereocenters. The summed E-state index contributed by atoms with van der Waals surface area (Å²) in [7, 11) is 1.59. The lowest BCUT2D eigenvalue weighted by molar-refractivity contribution is -0.113. The van der Waals surface area contributed by atoms with Gasteiger partial charge in [0.1, 0.15) is 12.6 Å². The maximum atomic E-state index is 13.8. The van der Waals surface area contributed by atoms with E-state index in [1.807, 2.05) is 79.7 Å². The lowest BCUT2D eigenvalue weighted by atomic mass is 9.94. The van der Waals surface area contributed by atoms with Gasteiger partial charge in [0.05, 0.1) is 12.7 Å². The van der Waals surface area contributed by atoms with Gasteiger partial charge in [-0.3, -0.25) is 4.79 Å². The summed E-state index contributed by atoms with van der Waals surface area (Å²) in [5.74, 6) is 2.37. The van der Waals surface area contributed by atoms with Gasteiger partial charge in [0.2, 0.25) is 11.1 Å². The monoisotopic (exact) mass is 589 g/mol. The van der Waals surface area contributed by atoms with E-state index in [1.54, 1.807) is 23.6 Å². The maximum absolute atomic E-state index is 13.8. The van der Waals surface area contributed by atoms with Crippen molar-refractivity contribution < 1.29 is 14.3 Å². The number of allylic oxidation sites excluding steroid dienone is 1. The number of amides is 1. The molecule has 0 fully saturated rings. The van der Waals surface area contributed by atoms with Crippen molar-refractivity contribution in [3.05, 3.63) is 100 Å². The van der Waals surface area contributed by atoms with Crippen LogP contribution in [0.1, 0.15) is 43.9 Å². The highest BCUT2D eigenvalue weighted by Crippen LogP contribution is 2.40. The molecule has 41 heavy (non-hydrogen) atoms. The molecule has 1 aromatic heterocycles. The fraction of sp³-hybridized carbons (Fsp3) is 0.258. The average Bonchev–Trinajstić information content (AvgIpc) is 3.38. The molecule has 0 radical (unpaired) electrons. The van der Waals surface area contributed by atoms with Crippen LogP contribution in [0.3, 0.4) is 0 Å². The number of unbranched alkanes of at least 4 members (excludes halogenated alkanes) is 1. The third-order valence-corrected chi connectivity index (χ3v) is 7.98. The highest BCUT2D eigenvalue weighted by molar-refractivity contribution is 7.99. The largest absolute Gasteiger partial charge is 0.493 e. The first-order chi connectivity index (χ1) is 20.0. The third-order valence-electron chi connectivity index (χ3n) is 6.68. The van der Waals surface area contributed by atoms with Crippen LogP contribution in [0.15, 0.2) is 89.2 Å². The summed E-state index contributed by atoms with van der Waals surface area (Å²) in [4.78, 5) is 18.5. The highest BCUT2D eigenvalue weighted by Gasteiger charge is 2.35. The molecule has 1 atom stereocenters. The lowest BCUT2D eigenvalue weighted by Crippen LogP contribution is -2.31. The smallest absolute Gasteiger partial charge is 0.255 e. The average molecular weight is 590 g/mol. The van der Waals surface area contributed by atoms with Crippen LogP contribution < -0.4 is 20.1 Å². The molecule has 3 aromatic carbocycles. The Bertz CT molecular complexity index is 1560. The van der Waals surface area contributed by atoms with Gasteiger partial charge in [-0.15, -0.1) is 5.10 Å². The van der Waals surface area contributed by atoms with Crippen molar-refractivity contribution in [2.24, 2.45) is 0 Å². The van der Waals surface area contributed by atoms with E-state index in [1.165, 1.54) is 0 Å². The topological polar surface area (TPSA) is 90.3 Å². The van der Waals surface area contributed by atoms with Crippen molar-refractivity contribution in [2.75, 3.05) is 23.5 Å². The zero-order chi connectivity index (χ0) is 28.8. The molecule has 0 saturated heterocycles. The fourth-order valence-corrected chi connectivity index (χ4v) is 5.67. The zero-order valence-corrected chi connectivity index (χ0v) is 24.8. The standard InChI is InChI=1S/C31H32ClN5O3S/c1-4-5-17-41-31-35-30-33-20(2)27(29(38)34-23-12-7-6-8-13-23)28(37(30)36-31)21-15-16-25(26(18-21)39-3)40-19-22-11-9-10-14-24(22)32/h6-16,18,28H,4-5,17,19H2,1-3H3,(H,34,38)(H,33,35,36). The van der Waals surface area contributed by atoms with Crippen molar-refractivity contribution in [3.8, 4) is 11.5 Å². The van der Waals surface area contributed by atoms with E-state index in [2.05, 4.69) is 17.6 Å². The van der Waals surface area contributed by atoms with Crippen molar-refractivity contribution in [1.29, 1.82) is 0 Å². The molecular weight excluding hydrogens is 558 g/mol. The number of benzene rings is 3. The predicted octanol–water partition coefficient (Wildman–Crippen LogP) is 7.34. The fourth-order valence-electron chi connectivity index (χ4n) is 4.57. The van der Waals surface area contributed by atoms with Gasteiger partial charge in [0.15, 0.2) is 11.5 Å². The maximum Gasteiger partial charge on any atom is 0.255 e. The number of carbonyl (C=O) groups excluding carboxylic acids is 1. The molecule has 8 nitrogen and oxygen atoms in total. The number of halogens is 1. The summed E-state index contributed by atoms with van der Waals surface area (Å²) in [5.41, 5.74) is 3.62. The summed E-state index contributed by atoms with van der Waals surface area (Å²) < 4.78 is 13.6. The summed E-state index contributed by atoms with van der Waals surface area (Å²) >= 11 is 7.93. The number of thioether (sulfide) groups is 1. The molecule has 1 amide bonds. The molecule has 1 aliphatic rings. The number of hydrogen-bond acceptors (Lipinski definition) is 7. The molecule has 1 aliphatic heterocycles. The van der Waals surface area contributed by atoms with E-state index < -0.39 is 6.04 Å². The quantitative estimate of drug-likeness (QED) is 0.140. The Kier molecular flexibility index (Phi) is 9.16. The molecule has 0 bridgehead atoms. The van der Waals surface area contributed by atoms with E-state index in [9.17, 15) is 4.79 Å². The van der Waals surface area contributed by atoms with E-state index in [0.717, 1.165) is 29.7 Å². The third kappa shape index (κ3) is 6.52. The second-order valence-corrected chi connectivity index (χ2v) is 11.0. The van der Waals surface area contributed by atoms with Crippen LogP contribution in [0.2, 0.25) is 5.02 Å². The number of para-hydroxylation sites is 1. The van der Waals surface area contributed by atoms with Crippen molar-refractivity contribution in [3.63, 3.8) is 0 Å². The normalized spacial score (nSPS) is 14.3. The Morgan fingerprint density at radius 3 is 2.63 bits per heavy atom. The molecule has 10 heteroatoms. The van der Waals surface area contributed by atoms with Crippen LogP contribution in [0.5, 0.6) is 11.5 Å². The van der Waals surface area contributed by atoms with E-state index >= 15 is 0 Å². The van der Waals surface area contributed by atoms with Gasteiger partial charge in [-0.2, -0.15) is 4.98 Å². The summed E-state index contributed by atoms with van der Waals surface area (Å²) in [6, 6.07) is 22.1. The molecule has 4 aromatic rings. The Balaban J connectivity index is 1.50. The molecular formula is C31H32ClN5O3S. The number of aromatic nitrogens is 3. The number of ether oxygens (including phenoxy) is 2. The number of carbonyl (C=O) groups is 1. The number of nitrogens with one attached hydrogen (secondary N) is 2. The highest BCUT2D eigenvalue weighted by atomic mass is 35.5. The molecule has 5 rings (SSSR count). The molecule has 0 saturated carbocycles. The number of anilines is 2. The zero-order valence-electron chi connectivity index (χ0n) is 23.2. The van der Waals surface area contributed by atoms with Gasteiger partial charge in [0.25, 0.3) is 5.91 Å². The van der Waals surface area contributed by atoms with Gasteiger partial charge < -0.3 is 20.1 Å². The predicted molar refractivity (Wildman–Crippen MR) is 164 cm³/mol. The summed E-state index contributed by atoms with van der Waals surface area (Å²) in [6.07, 6.45) is 2.16. The SMILES string of the molecule is CCCCSc1nc2n(n1)C(c1ccc(OCc3ccccc3Cl)c(OC)c1)C(C(=O)Nc1ccccc1)=C(C)N2. The van der Waals surface area contributed by atoms with Crippen LogP contribution >= 0.6 is 23.4 Å². The second kappa shape index (κ2) is 13.1. The second-order valence-electron chi connectivity index (χ2n) is 9.54. The molecule has 2 N–H and O–H groups in total. The van der Waals surface area contributed by atoms with E-state index in [-0.39, 0.29) is 12.5 Å². The Labute approximate surface area is 249 Å². The van der Waals surface area contributed by atoms with Gasteiger partial charge in [-0.25, -0.2) is 4.68 Å². The summed E-state index contributed by atoms with van der Waals surface area (Å²) in [6.45, 7) is 4.33. The first kappa shape index (κ1) is 28.6. The van der Waals surface area contributed by atoms with E-state index in [4.69, 9.17) is 31.2 Å². The van der Waals surface area contributed by atoms with Gasteiger partial charge >= 0.3 is 0 Å². The van der Waals surface area contributed by atoms with Gasteiger partial charge in [-0.1, -0.05) is 79.2 Å².